The van der Waals surface area contributed by atoms with Crippen LogP contribution >= 0.6 is 23.1 Å². The number of carbonyl (C=O) groups excluding carboxylic acids is 1. The normalized spacial score (nSPS) is 17.4. The molecule has 3 nitrogen and oxygen atoms in total. The minimum Gasteiger partial charge on any atom is -0.335 e. The Balaban J connectivity index is 2.04. The second kappa shape index (κ2) is 4.11. The Hall–Kier alpha value is -0.550. The van der Waals surface area contributed by atoms with Crippen LogP contribution in [0.3, 0.4) is 0 Å². The quantitative estimate of drug-likeness (QED) is 0.707. The molecule has 1 saturated heterocycles. The lowest BCUT2D eigenvalue weighted by Gasteiger charge is -2.25. The minimum atomic E-state index is 0.0929. The average Bonchev–Trinajstić information content (AvgIpc) is 2.71. The van der Waals surface area contributed by atoms with Crippen LogP contribution in [0.15, 0.2) is 11.6 Å². The predicted octanol–water partition coefficient (Wildman–Crippen LogP) is 1.33. The Morgan fingerprint density at radius 2 is 2.23 bits per heavy atom. The van der Waals surface area contributed by atoms with Gasteiger partial charge in [0.2, 0.25) is 0 Å². The van der Waals surface area contributed by atoms with Gasteiger partial charge in [0.25, 0.3) is 5.91 Å². The third-order valence-corrected chi connectivity index (χ3v) is 3.62. The van der Waals surface area contributed by atoms with Crippen LogP contribution in [0.25, 0.3) is 0 Å². The zero-order valence-electron chi connectivity index (χ0n) is 7.10. The van der Waals surface area contributed by atoms with Gasteiger partial charge in [0.1, 0.15) is 0 Å². The van der Waals surface area contributed by atoms with E-state index in [0.29, 0.717) is 5.01 Å². The summed E-state index contributed by atoms with van der Waals surface area (Å²) in [4.78, 5) is 17.6. The van der Waals surface area contributed by atoms with Crippen molar-refractivity contribution < 1.29 is 4.79 Å². The van der Waals surface area contributed by atoms with Gasteiger partial charge in [-0.1, -0.05) is 0 Å². The zero-order chi connectivity index (χ0) is 9.10. The summed E-state index contributed by atoms with van der Waals surface area (Å²) in [5, 5.41) is 2.46. The van der Waals surface area contributed by atoms with Crippen LogP contribution in [0.4, 0.5) is 0 Å². The molecule has 13 heavy (non-hydrogen) atoms. The standard InChI is InChI=1S/C8H10N2OS2/c11-8(7-9-1-4-13-7)10-2-5-12-6-3-10/h1,4H,2-3,5-6H2. The highest BCUT2D eigenvalue weighted by Gasteiger charge is 2.19. The highest BCUT2D eigenvalue weighted by atomic mass is 32.2. The molecule has 1 aliphatic heterocycles. The van der Waals surface area contributed by atoms with E-state index in [4.69, 9.17) is 0 Å². The van der Waals surface area contributed by atoms with Crippen molar-refractivity contribution in [2.75, 3.05) is 24.6 Å². The second-order valence-corrected chi connectivity index (χ2v) is 4.86. The average molecular weight is 214 g/mol. The second-order valence-electron chi connectivity index (χ2n) is 2.74. The van der Waals surface area contributed by atoms with Gasteiger partial charge in [-0.3, -0.25) is 4.79 Å². The highest BCUT2D eigenvalue weighted by Crippen LogP contribution is 2.14. The van der Waals surface area contributed by atoms with Gasteiger partial charge in [-0.2, -0.15) is 11.8 Å². The molecule has 1 aromatic rings. The fourth-order valence-electron chi connectivity index (χ4n) is 1.23. The van der Waals surface area contributed by atoms with Crippen molar-refractivity contribution in [1.29, 1.82) is 0 Å². The number of hydrogen-bond donors (Lipinski definition) is 0. The van der Waals surface area contributed by atoms with Gasteiger partial charge >= 0.3 is 0 Å². The Morgan fingerprint density at radius 3 is 2.85 bits per heavy atom. The molecule has 1 fully saturated rings. The van der Waals surface area contributed by atoms with Crippen LogP contribution in [0.1, 0.15) is 9.80 Å². The first kappa shape index (κ1) is 9.02. The van der Waals surface area contributed by atoms with Gasteiger partial charge in [0, 0.05) is 36.2 Å². The Morgan fingerprint density at radius 1 is 1.46 bits per heavy atom. The number of nitrogens with zero attached hydrogens (tertiary/aromatic N) is 2. The van der Waals surface area contributed by atoms with E-state index in [2.05, 4.69) is 4.98 Å². The third-order valence-electron chi connectivity index (χ3n) is 1.91. The summed E-state index contributed by atoms with van der Waals surface area (Å²) in [6, 6.07) is 0. The number of amides is 1. The molecule has 5 heteroatoms. The molecule has 2 rings (SSSR count). The Bertz CT molecular complexity index is 280. The van der Waals surface area contributed by atoms with E-state index >= 15 is 0 Å². The summed E-state index contributed by atoms with van der Waals surface area (Å²) in [5.74, 6) is 2.20. The lowest BCUT2D eigenvalue weighted by atomic mass is 10.4. The van der Waals surface area contributed by atoms with Crippen LogP contribution in [0, 0.1) is 0 Å². The van der Waals surface area contributed by atoms with E-state index in [1.165, 1.54) is 11.3 Å². The van der Waals surface area contributed by atoms with Crippen molar-refractivity contribution in [2.24, 2.45) is 0 Å². The lowest BCUT2D eigenvalue weighted by molar-refractivity contribution is 0.0772. The number of carbonyl (C=O) groups is 1. The maximum atomic E-state index is 11.7. The van der Waals surface area contributed by atoms with Gasteiger partial charge in [-0.25, -0.2) is 4.98 Å². The molecular formula is C8H10N2OS2. The highest BCUT2D eigenvalue weighted by molar-refractivity contribution is 7.99. The molecule has 0 unspecified atom stereocenters. The van der Waals surface area contributed by atoms with E-state index in [9.17, 15) is 4.79 Å². The predicted molar refractivity (Wildman–Crippen MR) is 55.3 cm³/mol. The van der Waals surface area contributed by atoms with E-state index in [-0.39, 0.29) is 5.91 Å². The van der Waals surface area contributed by atoms with Crippen molar-refractivity contribution in [2.45, 2.75) is 0 Å². The SMILES string of the molecule is O=C(c1nccs1)N1CCSCC1. The summed E-state index contributed by atoms with van der Waals surface area (Å²) in [6.07, 6.45) is 1.68. The molecule has 0 aromatic carbocycles. The summed E-state index contributed by atoms with van der Waals surface area (Å²) in [7, 11) is 0. The van der Waals surface area contributed by atoms with Gasteiger partial charge in [0.05, 0.1) is 0 Å². The maximum Gasteiger partial charge on any atom is 0.282 e. The van der Waals surface area contributed by atoms with Crippen molar-refractivity contribution in [3.63, 3.8) is 0 Å². The lowest BCUT2D eigenvalue weighted by Crippen LogP contribution is -2.37. The molecule has 0 saturated carbocycles. The zero-order valence-corrected chi connectivity index (χ0v) is 8.74. The van der Waals surface area contributed by atoms with Crippen LogP contribution in [-0.2, 0) is 0 Å². The van der Waals surface area contributed by atoms with Gasteiger partial charge in [-0.05, 0) is 0 Å². The molecule has 1 aliphatic rings. The topological polar surface area (TPSA) is 33.2 Å². The van der Waals surface area contributed by atoms with E-state index in [1.54, 1.807) is 6.20 Å². The summed E-state index contributed by atoms with van der Waals surface area (Å²) < 4.78 is 0. The van der Waals surface area contributed by atoms with Crippen LogP contribution in [0.2, 0.25) is 0 Å². The number of thiazole rings is 1. The van der Waals surface area contributed by atoms with Crippen LogP contribution < -0.4 is 0 Å². The van der Waals surface area contributed by atoms with Crippen molar-refractivity contribution in [3.8, 4) is 0 Å². The van der Waals surface area contributed by atoms with E-state index in [0.717, 1.165) is 24.6 Å². The number of aromatic nitrogens is 1. The molecule has 0 spiro atoms. The molecule has 0 N–H and O–H groups in total. The number of hydrogen-bond acceptors (Lipinski definition) is 4. The van der Waals surface area contributed by atoms with Crippen molar-refractivity contribution >= 4 is 29.0 Å². The summed E-state index contributed by atoms with van der Waals surface area (Å²) >= 11 is 3.32. The molecule has 1 amide bonds. The number of thioether (sulfide) groups is 1. The maximum absolute atomic E-state index is 11.7. The molecular weight excluding hydrogens is 204 g/mol. The molecule has 70 valence electrons. The fraction of sp³-hybridized carbons (Fsp3) is 0.500. The molecule has 2 heterocycles. The van der Waals surface area contributed by atoms with Gasteiger partial charge < -0.3 is 4.90 Å². The van der Waals surface area contributed by atoms with Crippen LogP contribution in [-0.4, -0.2) is 40.4 Å². The Labute approximate surface area is 85.2 Å². The molecule has 0 aliphatic carbocycles. The van der Waals surface area contributed by atoms with Gasteiger partial charge in [0.15, 0.2) is 5.01 Å². The van der Waals surface area contributed by atoms with Crippen molar-refractivity contribution in [3.05, 3.63) is 16.6 Å². The number of rotatable bonds is 1. The first-order valence-electron chi connectivity index (χ1n) is 4.14. The minimum absolute atomic E-state index is 0.0929. The van der Waals surface area contributed by atoms with Crippen LogP contribution in [0.5, 0.6) is 0 Å². The fourth-order valence-corrected chi connectivity index (χ4v) is 2.74. The molecule has 0 radical (unpaired) electrons. The van der Waals surface area contributed by atoms with Gasteiger partial charge in [-0.15, -0.1) is 11.3 Å². The van der Waals surface area contributed by atoms with E-state index in [1.807, 2.05) is 22.0 Å². The Kier molecular flexibility index (Phi) is 2.85. The van der Waals surface area contributed by atoms with Crippen molar-refractivity contribution in [1.82, 2.24) is 9.88 Å². The van der Waals surface area contributed by atoms with E-state index < -0.39 is 0 Å². The smallest absolute Gasteiger partial charge is 0.282 e. The molecule has 0 atom stereocenters. The largest absolute Gasteiger partial charge is 0.335 e. The summed E-state index contributed by atoms with van der Waals surface area (Å²) in [6.45, 7) is 1.73. The first-order chi connectivity index (χ1) is 6.38. The first-order valence-corrected chi connectivity index (χ1v) is 6.18. The molecule has 1 aromatic heterocycles. The summed E-state index contributed by atoms with van der Waals surface area (Å²) in [5.41, 5.74) is 0. The molecule has 0 bridgehead atoms. The third kappa shape index (κ3) is 2.03. The monoisotopic (exact) mass is 214 g/mol.